The molecular weight excluding hydrogens is 398 g/mol. The number of carbonyl (C=O) groups excluding carboxylic acids is 1. The van der Waals surface area contributed by atoms with Crippen molar-refractivity contribution >= 4 is 29.9 Å². The number of anilines is 1. The zero-order valence-corrected chi connectivity index (χ0v) is 17.5. The quantitative estimate of drug-likeness (QED) is 0.423. The maximum absolute atomic E-state index is 11.8. The van der Waals surface area contributed by atoms with Crippen LogP contribution in [0, 0.1) is 6.92 Å². The number of phenolic OH excluding ortho intramolecular Hbond substituents is 1. The van der Waals surface area contributed by atoms with Gasteiger partial charge in [0.2, 0.25) is 0 Å². The number of hydrogen-bond acceptors (Lipinski definition) is 5. The first-order valence-corrected chi connectivity index (χ1v) is 10.1. The average Bonchev–Trinajstić information content (AvgIpc) is 2.73. The van der Waals surface area contributed by atoms with Crippen molar-refractivity contribution in [2.75, 3.05) is 5.32 Å². The molecule has 0 spiro atoms. The highest BCUT2D eigenvalue weighted by molar-refractivity contribution is 7.79. The van der Waals surface area contributed by atoms with E-state index in [4.69, 9.17) is 21.7 Å². The second kappa shape index (κ2) is 7.80. The van der Waals surface area contributed by atoms with Gasteiger partial charge in [0.15, 0.2) is 5.60 Å². The molecule has 0 aliphatic carbocycles. The number of fused-ring (bicyclic) bond motifs is 2. The summed E-state index contributed by atoms with van der Waals surface area (Å²) in [6.45, 7) is 4.48. The van der Waals surface area contributed by atoms with Crippen molar-refractivity contribution in [2.24, 2.45) is 0 Å². The summed E-state index contributed by atoms with van der Waals surface area (Å²) in [6.07, 6.45) is 0.835. The number of aryl methyl sites for hydroxylation is 2. The van der Waals surface area contributed by atoms with Crippen molar-refractivity contribution in [1.82, 2.24) is 0 Å². The van der Waals surface area contributed by atoms with Gasteiger partial charge in [-0.1, -0.05) is 37.3 Å². The molecule has 0 fully saturated rings. The zero-order chi connectivity index (χ0) is 21.3. The molecule has 1 aliphatic heterocycles. The minimum absolute atomic E-state index is 0.0705. The summed E-state index contributed by atoms with van der Waals surface area (Å²) in [5.74, 6) is 1.11. The maximum Gasteiger partial charge on any atom is 0.294 e. The largest absolute Gasteiger partial charge is 0.508 e. The standard InChI is InChI=1S/C24H21NO4S/c1-3-16-4-7-20-22(11-16)29-23-12-18(27)6-9-21(23)24(20,28-14-26)19-8-5-17(25-13-30)10-15(19)2/h4-14,27H,3H2,1-2H3,(H,25,30). The second-order valence-electron chi connectivity index (χ2n) is 7.15. The number of carbonyl (C=O) groups is 1. The lowest BCUT2D eigenvalue weighted by atomic mass is 9.76. The van der Waals surface area contributed by atoms with Gasteiger partial charge in [0.1, 0.15) is 17.2 Å². The average molecular weight is 420 g/mol. The minimum atomic E-state index is -1.22. The number of phenols is 1. The lowest BCUT2D eigenvalue weighted by molar-refractivity contribution is -0.137. The molecule has 5 nitrogen and oxygen atoms in total. The smallest absolute Gasteiger partial charge is 0.294 e. The number of nitrogens with one attached hydrogen (secondary N) is 1. The molecule has 3 aromatic carbocycles. The molecule has 1 aliphatic rings. The zero-order valence-electron chi connectivity index (χ0n) is 16.6. The van der Waals surface area contributed by atoms with E-state index in [0.29, 0.717) is 23.5 Å². The van der Waals surface area contributed by atoms with Gasteiger partial charge in [0, 0.05) is 28.4 Å². The van der Waals surface area contributed by atoms with E-state index in [9.17, 15) is 9.90 Å². The van der Waals surface area contributed by atoms with Crippen LogP contribution < -0.4 is 10.1 Å². The first kappa shape index (κ1) is 19.9. The molecule has 0 bridgehead atoms. The maximum atomic E-state index is 11.8. The summed E-state index contributed by atoms with van der Waals surface area (Å²) in [4.78, 5) is 11.8. The minimum Gasteiger partial charge on any atom is -0.508 e. The summed E-state index contributed by atoms with van der Waals surface area (Å²) >= 11 is 4.89. The van der Waals surface area contributed by atoms with Crippen molar-refractivity contribution in [3.8, 4) is 17.2 Å². The highest BCUT2D eigenvalue weighted by Crippen LogP contribution is 2.53. The molecule has 0 saturated heterocycles. The normalized spacial score (nSPS) is 16.6. The van der Waals surface area contributed by atoms with Gasteiger partial charge in [0.05, 0.1) is 5.49 Å². The molecule has 4 rings (SSSR count). The Morgan fingerprint density at radius 3 is 2.43 bits per heavy atom. The number of ether oxygens (including phenoxy) is 2. The molecule has 2 N–H and O–H groups in total. The third kappa shape index (κ3) is 3.09. The van der Waals surface area contributed by atoms with Crippen LogP contribution in [0.3, 0.4) is 0 Å². The van der Waals surface area contributed by atoms with Crippen molar-refractivity contribution in [2.45, 2.75) is 25.9 Å². The third-order valence-corrected chi connectivity index (χ3v) is 5.57. The van der Waals surface area contributed by atoms with Gasteiger partial charge in [-0.3, -0.25) is 4.79 Å². The number of hydrogen-bond donors (Lipinski definition) is 2. The molecule has 6 heteroatoms. The van der Waals surface area contributed by atoms with Crippen LogP contribution in [0.4, 0.5) is 5.69 Å². The van der Waals surface area contributed by atoms with E-state index in [2.05, 4.69) is 12.2 Å². The number of aromatic hydroxyl groups is 1. The van der Waals surface area contributed by atoms with Crippen LogP contribution in [0.25, 0.3) is 0 Å². The first-order valence-electron chi connectivity index (χ1n) is 9.61. The van der Waals surface area contributed by atoms with Crippen LogP contribution >= 0.6 is 12.2 Å². The molecule has 1 unspecified atom stereocenters. The Bertz CT molecular complexity index is 1140. The Morgan fingerprint density at radius 2 is 1.77 bits per heavy atom. The van der Waals surface area contributed by atoms with E-state index in [1.165, 1.54) is 11.6 Å². The Morgan fingerprint density at radius 1 is 1.07 bits per heavy atom. The van der Waals surface area contributed by atoms with E-state index in [1.54, 1.807) is 12.1 Å². The van der Waals surface area contributed by atoms with Crippen molar-refractivity contribution in [3.05, 3.63) is 82.4 Å². The highest BCUT2D eigenvalue weighted by atomic mass is 32.1. The van der Waals surface area contributed by atoms with Crippen LogP contribution in [0.1, 0.15) is 34.7 Å². The number of thiocarbonyl (C=S) groups is 1. The van der Waals surface area contributed by atoms with Crippen molar-refractivity contribution in [3.63, 3.8) is 0 Å². The van der Waals surface area contributed by atoms with E-state index in [0.717, 1.165) is 34.4 Å². The second-order valence-corrected chi connectivity index (χ2v) is 7.39. The lowest BCUT2D eigenvalue weighted by Gasteiger charge is -2.40. The monoisotopic (exact) mass is 419 g/mol. The Kier molecular flexibility index (Phi) is 5.18. The van der Waals surface area contributed by atoms with E-state index in [1.807, 2.05) is 43.3 Å². The van der Waals surface area contributed by atoms with Crippen LogP contribution in [0.5, 0.6) is 17.2 Å². The van der Waals surface area contributed by atoms with Gasteiger partial charge in [0.25, 0.3) is 6.47 Å². The Labute approximate surface area is 180 Å². The Hall–Kier alpha value is -3.38. The van der Waals surface area contributed by atoms with Crippen LogP contribution in [0.15, 0.2) is 54.6 Å². The van der Waals surface area contributed by atoms with Crippen LogP contribution in [-0.2, 0) is 21.6 Å². The summed E-state index contributed by atoms with van der Waals surface area (Å²) in [7, 11) is 0. The summed E-state index contributed by atoms with van der Waals surface area (Å²) < 4.78 is 12.1. The third-order valence-electron chi connectivity index (χ3n) is 5.45. The highest BCUT2D eigenvalue weighted by Gasteiger charge is 2.47. The SMILES string of the molecule is CCc1ccc2c(c1)Oc1cc(O)ccc1C2(OC=O)c1ccc(NC=S)cc1C. The van der Waals surface area contributed by atoms with Gasteiger partial charge in [-0.2, -0.15) is 0 Å². The summed E-state index contributed by atoms with van der Waals surface area (Å²) in [5.41, 5.74) is 5.23. The molecule has 0 amide bonds. The number of rotatable bonds is 6. The van der Waals surface area contributed by atoms with Crippen molar-refractivity contribution < 1.29 is 19.4 Å². The van der Waals surface area contributed by atoms with E-state index in [-0.39, 0.29) is 5.75 Å². The molecule has 0 radical (unpaired) electrons. The first-order chi connectivity index (χ1) is 14.5. The van der Waals surface area contributed by atoms with Gasteiger partial charge >= 0.3 is 0 Å². The molecule has 3 aromatic rings. The molecule has 0 aromatic heterocycles. The molecular formula is C24H21NO4S. The fourth-order valence-corrected chi connectivity index (χ4v) is 4.22. The molecule has 152 valence electrons. The molecule has 30 heavy (non-hydrogen) atoms. The van der Waals surface area contributed by atoms with Crippen molar-refractivity contribution in [1.29, 1.82) is 0 Å². The van der Waals surface area contributed by atoms with E-state index < -0.39 is 5.60 Å². The lowest BCUT2D eigenvalue weighted by Crippen LogP contribution is -2.36. The van der Waals surface area contributed by atoms with Gasteiger partial charge in [-0.15, -0.1) is 0 Å². The van der Waals surface area contributed by atoms with Gasteiger partial charge in [-0.05, 0) is 54.8 Å². The van der Waals surface area contributed by atoms with Crippen LogP contribution in [-0.4, -0.2) is 17.1 Å². The topological polar surface area (TPSA) is 67.8 Å². The fourth-order valence-electron chi connectivity index (χ4n) is 4.08. The molecule has 0 saturated carbocycles. The number of benzene rings is 3. The Balaban J connectivity index is 2.06. The predicted octanol–water partition coefficient (Wildman–Crippen LogP) is 5.20. The van der Waals surface area contributed by atoms with Crippen LogP contribution in [0.2, 0.25) is 0 Å². The molecule has 1 heterocycles. The van der Waals surface area contributed by atoms with Gasteiger partial charge < -0.3 is 19.9 Å². The molecule has 1 atom stereocenters. The summed E-state index contributed by atoms with van der Waals surface area (Å²) in [6, 6.07) is 16.5. The van der Waals surface area contributed by atoms with E-state index >= 15 is 0 Å². The predicted molar refractivity (Wildman–Crippen MR) is 119 cm³/mol. The summed E-state index contributed by atoms with van der Waals surface area (Å²) in [5, 5.41) is 13.1. The fraction of sp³-hybridized carbons (Fsp3) is 0.167. The van der Waals surface area contributed by atoms with Gasteiger partial charge in [-0.25, -0.2) is 0 Å².